The third-order valence-corrected chi connectivity index (χ3v) is 4.72. The van der Waals surface area contributed by atoms with E-state index < -0.39 is 0 Å². The number of nitrogens with zero attached hydrogens (tertiary/aromatic N) is 2. The maximum atomic E-state index is 11.2. The lowest BCUT2D eigenvalue weighted by atomic mass is 10.4. The minimum absolute atomic E-state index is 0.366. The second-order valence-corrected chi connectivity index (χ2v) is 6.79. The number of carbonyl (C=O) groups is 2. The first kappa shape index (κ1) is 25.6. The van der Waals surface area contributed by atoms with Crippen LogP contribution in [-0.2, 0) is 9.47 Å². The lowest BCUT2D eigenvalue weighted by Crippen LogP contribution is -2.04. The van der Waals surface area contributed by atoms with E-state index in [9.17, 15) is 9.59 Å². The summed E-state index contributed by atoms with van der Waals surface area (Å²) >= 11 is 2.80. The van der Waals surface area contributed by atoms with Gasteiger partial charge in [0.05, 0.1) is 13.2 Å². The number of ether oxygens (including phenoxy) is 2. The second kappa shape index (κ2) is 13.8. The summed E-state index contributed by atoms with van der Waals surface area (Å²) in [6, 6.07) is 0. The molecule has 0 bridgehead atoms. The van der Waals surface area contributed by atoms with E-state index in [1.807, 2.05) is 13.8 Å². The van der Waals surface area contributed by atoms with Crippen molar-refractivity contribution in [2.75, 3.05) is 20.3 Å². The molecule has 2 heterocycles. The number of carbonyl (C=O) groups excluding carboxylic acids is 2. The first-order valence-electron chi connectivity index (χ1n) is 8.31. The van der Waals surface area contributed by atoms with Crippen LogP contribution in [0.5, 0.6) is 0 Å². The zero-order valence-electron chi connectivity index (χ0n) is 16.8. The predicted molar refractivity (Wildman–Crippen MR) is 114 cm³/mol. The summed E-state index contributed by atoms with van der Waals surface area (Å²) in [5, 5.41) is 11.9. The van der Waals surface area contributed by atoms with Gasteiger partial charge >= 0.3 is 11.9 Å². The Balaban J connectivity index is 0.000000478. The molecule has 0 saturated carbocycles. The van der Waals surface area contributed by atoms with E-state index in [0.29, 0.717) is 24.6 Å². The molecule has 2 rings (SSSR count). The van der Waals surface area contributed by atoms with Crippen LogP contribution in [0.4, 0.5) is 0 Å². The quantitative estimate of drug-likeness (QED) is 0.687. The highest BCUT2D eigenvalue weighted by Crippen LogP contribution is 2.18. The number of hydrogen-bond donors (Lipinski definition) is 1. The Labute approximate surface area is 173 Å². The van der Waals surface area contributed by atoms with Gasteiger partial charge in [-0.25, -0.2) is 19.6 Å². The molecule has 154 valence electrons. The van der Waals surface area contributed by atoms with Gasteiger partial charge in [-0.1, -0.05) is 13.2 Å². The summed E-state index contributed by atoms with van der Waals surface area (Å²) < 4.78 is 9.59. The van der Waals surface area contributed by atoms with Crippen molar-refractivity contribution in [2.24, 2.45) is 0 Å². The third-order valence-electron chi connectivity index (χ3n) is 2.71. The number of aliphatic hydroxyl groups excluding tert-OH is 1. The standard InChI is InChI=1S/2C9H11NO2S.CH4O/c2*1-4-12-9(11)7-5-13-8(10-7)6(2)3;1-2/h2*5H,2,4H2,1,3H3;2H,1H3. The predicted octanol–water partition coefficient (Wildman–Crippen LogP) is 4.31. The van der Waals surface area contributed by atoms with Crippen LogP contribution in [-0.4, -0.2) is 47.3 Å². The topological polar surface area (TPSA) is 98.6 Å². The Morgan fingerprint density at radius 2 is 1.21 bits per heavy atom. The molecule has 0 radical (unpaired) electrons. The monoisotopic (exact) mass is 426 g/mol. The van der Waals surface area contributed by atoms with E-state index in [0.717, 1.165) is 28.3 Å². The highest BCUT2D eigenvalue weighted by molar-refractivity contribution is 7.11. The van der Waals surface area contributed by atoms with Crippen molar-refractivity contribution in [3.05, 3.63) is 45.3 Å². The number of esters is 2. The number of rotatable bonds is 6. The molecule has 0 spiro atoms. The van der Waals surface area contributed by atoms with Crippen molar-refractivity contribution in [2.45, 2.75) is 27.7 Å². The molecule has 0 fully saturated rings. The maximum Gasteiger partial charge on any atom is 0.357 e. The number of aromatic nitrogens is 2. The number of aliphatic hydroxyl groups is 1. The van der Waals surface area contributed by atoms with E-state index in [4.69, 9.17) is 14.6 Å². The molecule has 2 aromatic heterocycles. The van der Waals surface area contributed by atoms with Crippen molar-refractivity contribution >= 4 is 45.8 Å². The smallest absolute Gasteiger partial charge is 0.357 e. The maximum absolute atomic E-state index is 11.2. The van der Waals surface area contributed by atoms with Crippen LogP contribution in [0.3, 0.4) is 0 Å². The molecule has 0 aromatic carbocycles. The summed E-state index contributed by atoms with van der Waals surface area (Å²) in [6.07, 6.45) is 0. The van der Waals surface area contributed by atoms with Crippen LogP contribution < -0.4 is 0 Å². The van der Waals surface area contributed by atoms with E-state index in [1.165, 1.54) is 22.7 Å². The van der Waals surface area contributed by atoms with Gasteiger partial charge in [0.1, 0.15) is 10.0 Å². The first-order chi connectivity index (χ1) is 13.3. The number of thiazole rings is 2. The van der Waals surface area contributed by atoms with Gasteiger partial charge in [0.15, 0.2) is 11.4 Å². The first-order valence-corrected chi connectivity index (χ1v) is 10.1. The average Bonchev–Trinajstić information content (AvgIpc) is 3.34. The molecule has 0 unspecified atom stereocenters. The molecule has 0 aliphatic rings. The van der Waals surface area contributed by atoms with Gasteiger partial charge in [-0.3, -0.25) is 0 Å². The summed E-state index contributed by atoms with van der Waals surface area (Å²) in [5.41, 5.74) is 2.45. The summed E-state index contributed by atoms with van der Waals surface area (Å²) in [4.78, 5) is 30.5. The molecular weight excluding hydrogens is 400 g/mol. The lowest BCUT2D eigenvalue weighted by Gasteiger charge is -1.95. The Hall–Kier alpha value is -2.36. The van der Waals surface area contributed by atoms with E-state index >= 15 is 0 Å². The summed E-state index contributed by atoms with van der Waals surface area (Å²) in [7, 11) is 1.00. The van der Waals surface area contributed by atoms with Gasteiger partial charge in [0.25, 0.3) is 0 Å². The second-order valence-electron chi connectivity index (χ2n) is 5.08. The molecule has 0 amide bonds. The van der Waals surface area contributed by atoms with Crippen LogP contribution in [0.1, 0.15) is 58.7 Å². The molecule has 0 saturated heterocycles. The fraction of sp³-hybridized carbons (Fsp3) is 0.368. The van der Waals surface area contributed by atoms with Crippen molar-refractivity contribution < 1.29 is 24.2 Å². The minimum Gasteiger partial charge on any atom is -0.461 e. The SMILES string of the molecule is C=C(C)c1nc(C(=O)OCC)cs1.C=C(C)c1nc(C(=O)OCC)cs1.CO. The van der Waals surface area contributed by atoms with Crippen LogP contribution in [0.15, 0.2) is 23.9 Å². The molecular formula is C19H26N2O5S2. The zero-order chi connectivity index (χ0) is 21.7. The van der Waals surface area contributed by atoms with Crippen LogP contribution in [0.25, 0.3) is 11.1 Å². The van der Waals surface area contributed by atoms with Crippen molar-refractivity contribution in [1.29, 1.82) is 0 Å². The molecule has 9 heteroatoms. The van der Waals surface area contributed by atoms with Gasteiger partial charge in [-0.05, 0) is 38.8 Å². The molecule has 0 atom stereocenters. The van der Waals surface area contributed by atoms with E-state index in [2.05, 4.69) is 23.1 Å². The van der Waals surface area contributed by atoms with Crippen molar-refractivity contribution in [3.63, 3.8) is 0 Å². The fourth-order valence-electron chi connectivity index (χ4n) is 1.54. The van der Waals surface area contributed by atoms with Gasteiger partial charge < -0.3 is 14.6 Å². The van der Waals surface area contributed by atoms with Gasteiger partial charge in [-0.2, -0.15) is 0 Å². The highest BCUT2D eigenvalue weighted by Gasteiger charge is 2.12. The van der Waals surface area contributed by atoms with Gasteiger partial charge in [0.2, 0.25) is 0 Å². The fourth-order valence-corrected chi connectivity index (χ4v) is 2.99. The third kappa shape index (κ3) is 8.55. The van der Waals surface area contributed by atoms with Crippen LogP contribution in [0, 0.1) is 0 Å². The summed E-state index contributed by atoms with van der Waals surface area (Å²) in [6.45, 7) is 15.5. The van der Waals surface area contributed by atoms with Crippen molar-refractivity contribution in [3.8, 4) is 0 Å². The Morgan fingerprint density at radius 3 is 1.43 bits per heavy atom. The van der Waals surface area contributed by atoms with E-state index in [-0.39, 0.29) is 11.9 Å². The van der Waals surface area contributed by atoms with Crippen LogP contribution in [0.2, 0.25) is 0 Å². The number of hydrogen-bond acceptors (Lipinski definition) is 9. The summed E-state index contributed by atoms with van der Waals surface area (Å²) in [5.74, 6) is -0.738. The normalized spacial score (nSPS) is 9.21. The molecule has 7 nitrogen and oxygen atoms in total. The van der Waals surface area contributed by atoms with Gasteiger partial charge in [0, 0.05) is 17.9 Å². The van der Waals surface area contributed by atoms with Crippen molar-refractivity contribution in [1.82, 2.24) is 9.97 Å². The largest absolute Gasteiger partial charge is 0.461 e. The zero-order valence-corrected chi connectivity index (χ0v) is 18.4. The molecule has 0 aliphatic carbocycles. The minimum atomic E-state index is -0.369. The molecule has 28 heavy (non-hydrogen) atoms. The average molecular weight is 427 g/mol. The molecule has 1 N–H and O–H groups in total. The molecule has 2 aromatic rings. The van der Waals surface area contributed by atoms with E-state index in [1.54, 1.807) is 24.6 Å². The van der Waals surface area contributed by atoms with Gasteiger partial charge in [-0.15, -0.1) is 22.7 Å². The Kier molecular flexibility index (Phi) is 12.6. The highest BCUT2D eigenvalue weighted by atomic mass is 32.1. The Bertz CT molecular complexity index is 730. The number of allylic oxidation sites excluding steroid dienone is 2. The Morgan fingerprint density at radius 1 is 0.893 bits per heavy atom. The van der Waals surface area contributed by atoms with Crippen LogP contribution >= 0.6 is 22.7 Å². The molecule has 0 aliphatic heterocycles. The lowest BCUT2D eigenvalue weighted by molar-refractivity contribution is 0.0511.